The van der Waals surface area contributed by atoms with Gasteiger partial charge in [0.2, 0.25) is 17.7 Å². The van der Waals surface area contributed by atoms with Crippen molar-refractivity contribution in [2.45, 2.75) is 24.5 Å². The first kappa shape index (κ1) is 17.8. The van der Waals surface area contributed by atoms with Gasteiger partial charge in [0.25, 0.3) is 5.88 Å². The Labute approximate surface area is 156 Å². The van der Waals surface area contributed by atoms with Gasteiger partial charge >= 0.3 is 0 Å². The molecule has 3 aliphatic heterocycles. The van der Waals surface area contributed by atoms with Gasteiger partial charge in [0.05, 0.1) is 37.3 Å². The number of aromatic nitrogens is 2. The number of thioether (sulfide) groups is 1. The largest absolute Gasteiger partial charge is 0.479 e. The predicted octanol–water partition coefficient (Wildman–Crippen LogP) is 1.09. The third-order valence-electron chi connectivity index (χ3n) is 5.77. The topological polar surface area (TPSA) is 76.6 Å². The molecule has 1 N–H and O–H groups in total. The fourth-order valence-corrected chi connectivity index (χ4v) is 5.03. The van der Waals surface area contributed by atoms with Crippen LogP contribution in [0.3, 0.4) is 0 Å². The van der Waals surface area contributed by atoms with Crippen LogP contribution >= 0.6 is 11.8 Å². The Bertz CT molecular complexity index is 709. The Hall–Kier alpha value is -1.61. The summed E-state index contributed by atoms with van der Waals surface area (Å²) in [6.45, 7) is 2.07. The van der Waals surface area contributed by atoms with Crippen molar-refractivity contribution in [1.82, 2.24) is 15.3 Å². The number of hydrogen-bond donors (Lipinski definition) is 1. The van der Waals surface area contributed by atoms with Crippen molar-refractivity contribution in [3.8, 4) is 5.88 Å². The fraction of sp³-hybridized carbons (Fsp3) is 0.706. The first-order valence-electron chi connectivity index (χ1n) is 8.81. The van der Waals surface area contributed by atoms with Crippen molar-refractivity contribution >= 4 is 23.6 Å². The smallest absolute Gasteiger partial charge is 0.255 e. The van der Waals surface area contributed by atoms with E-state index in [0.717, 1.165) is 25.6 Å². The van der Waals surface area contributed by atoms with Crippen LogP contribution in [0.2, 0.25) is 0 Å². The lowest BCUT2D eigenvalue weighted by molar-refractivity contribution is -0.118. The minimum absolute atomic E-state index is 0.0457. The van der Waals surface area contributed by atoms with E-state index in [1.54, 1.807) is 0 Å². The number of anilines is 1. The van der Waals surface area contributed by atoms with E-state index in [9.17, 15) is 9.18 Å². The lowest BCUT2D eigenvalue weighted by Gasteiger charge is -2.29. The second-order valence-electron chi connectivity index (χ2n) is 7.17. The number of carbonyl (C=O) groups excluding carboxylic acids is 1. The van der Waals surface area contributed by atoms with Gasteiger partial charge in [-0.3, -0.25) is 4.79 Å². The maximum Gasteiger partial charge on any atom is 0.255 e. The molecule has 3 fully saturated rings. The third kappa shape index (κ3) is 2.90. The van der Waals surface area contributed by atoms with Gasteiger partial charge in [-0.25, -0.2) is 4.98 Å². The molecular formula is C17H23FN4O3S. The molecule has 0 saturated carbocycles. The van der Waals surface area contributed by atoms with Gasteiger partial charge in [0, 0.05) is 24.9 Å². The number of halogens is 1. The summed E-state index contributed by atoms with van der Waals surface area (Å²) in [6, 6.07) is 0. The van der Waals surface area contributed by atoms with Crippen molar-refractivity contribution in [2.75, 3.05) is 43.7 Å². The highest BCUT2D eigenvalue weighted by molar-refractivity contribution is 7.99. The summed E-state index contributed by atoms with van der Waals surface area (Å²) >= 11 is 1.52. The molecule has 0 aromatic carbocycles. The molecule has 2 bridgehead atoms. The molecule has 26 heavy (non-hydrogen) atoms. The van der Waals surface area contributed by atoms with E-state index >= 15 is 0 Å². The van der Waals surface area contributed by atoms with Crippen LogP contribution < -0.4 is 15.0 Å². The van der Waals surface area contributed by atoms with E-state index in [-0.39, 0.29) is 23.5 Å². The molecule has 142 valence electrons. The highest BCUT2D eigenvalue weighted by Gasteiger charge is 2.63. The maximum absolute atomic E-state index is 13.6. The molecule has 9 heteroatoms. The number of nitrogens with zero attached hydrogens (tertiary/aromatic N) is 3. The summed E-state index contributed by atoms with van der Waals surface area (Å²) in [6.07, 6.45) is 5.29. The Kier molecular flexibility index (Phi) is 4.68. The summed E-state index contributed by atoms with van der Waals surface area (Å²) in [5.74, 6) is 0.997. The Balaban J connectivity index is 1.49. The van der Waals surface area contributed by atoms with Crippen LogP contribution in [-0.4, -0.2) is 66.3 Å². The van der Waals surface area contributed by atoms with Gasteiger partial charge < -0.3 is 19.7 Å². The van der Waals surface area contributed by atoms with Gasteiger partial charge in [-0.05, 0) is 19.1 Å². The highest BCUT2D eigenvalue weighted by atomic mass is 32.2. The Morgan fingerprint density at radius 1 is 1.62 bits per heavy atom. The molecule has 1 aromatic rings. The van der Waals surface area contributed by atoms with Crippen molar-refractivity contribution < 1.29 is 18.7 Å². The molecule has 3 saturated heterocycles. The van der Waals surface area contributed by atoms with Crippen LogP contribution in [0.1, 0.15) is 12.8 Å². The van der Waals surface area contributed by atoms with E-state index in [1.807, 2.05) is 11.2 Å². The second kappa shape index (κ2) is 6.84. The zero-order chi connectivity index (χ0) is 18.3. The molecule has 4 atom stereocenters. The lowest BCUT2D eigenvalue weighted by atomic mass is 9.73. The Morgan fingerprint density at radius 2 is 2.46 bits per heavy atom. The Morgan fingerprint density at radius 3 is 3.23 bits per heavy atom. The standard InChI is InChI=1S/C17H23FN4O3S/c1-24-15-12(18)6-20-16(21-15)22-7-11-10(5-19-14(23)8-26-2)13-3-4-17(11,9-22)25-13/h6,10-11,13H,3-5,7-9H2,1-2H3,(H,19,23)/t10-,11+,13+,17+/m0/s1. The quantitative estimate of drug-likeness (QED) is 0.789. The fourth-order valence-electron chi connectivity index (χ4n) is 4.67. The van der Waals surface area contributed by atoms with Gasteiger partial charge in [-0.1, -0.05) is 0 Å². The number of amides is 1. The lowest BCUT2D eigenvalue weighted by Crippen LogP contribution is -2.42. The number of nitrogens with one attached hydrogen (secondary N) is 1. The highest BCUT2D eigenvalue weighted by Crippen LogP contribution is 2.55. The van der Waals surface area contributed by atoms with E-state index in [2.05, 4.69) is 15.3 Å². The SMILES string of the molecule is COc1nc(N2C[C@@H]3[C@H](CNC(=O)CSC)[C@H]4CC[C@]3(C2)O4)ncc1F. The van der Waals surface area contributed by atoms with E-state index in [1.165, 1.54) is 18.9 Å². The van der Waals surface area contributed by atoms with Crippen LogP contribution in [0, 0.1) is 17.7 Å². The number of fused-ring (bicyclic) bond motifs is 1. The third-order valence-corrected chi connectivity index (χ3v) is 6.32. The summed E-state index contributed by atoms with van der Waals surface area (Å²) in [5.41, 5.74) is -0.204. The van der Waals surface area contributed by atoms with Gasteiger partial charge in [0.1, 0.15) is 0 Å². The van der Waals surface area contributed by atoms with Crippen molar-refractivity contribution in [3.05, 3.63) is 12.0 Å². The van der Waals surface area contributed by atoms with Crippen molar-refractivity contribution in [1.29, 1.82) is 0 Å². The second-order valence-corrected chi connectivity index (χ2v) is 8.04. The molecule has 0 aliphatic carbocycles. The van der Waals surface area contributed by atoms with Crippen LogP contribution in [0.4, 0.5) is 10.3 Å². The van der Waals surface area contributed by atoms with Crippen LogP contribution in [0.25, 0.3) is 0 Å². The number of hydrogen-bond acceptors (Lipinski definition) is 7. The van der Waals surface area contributed by atoms with Crippen molar-refractivity contribution in [3.63, 3.8) is 0 Å². The van der Waals surface area contributed by atoms with Crippen molar-refractivity contribution in [2.24, 2.45) is 11.8 Å². The average Bonchev–Trinajstić information content (AvgIpc) is 3.29. The summed E-state index contributed by atoms with van der Waals surface area (Å²) in [7, 11) is 1.39. The summed E-state index contributed by atoms with van der Waals surface area (Å²) in [5, 5.41) is 3.04. The molecule has 0 unspecified atom stereocenters. The molecule has 0 radical (unpaired) electrons. The normalized spacial score (nSPS) is 32.0. The molecule has 1 aromatic heterocycles. The molecule has 4 heterocycles. The van der Waals surface area contributed by atoms with Crippen LogP contribution in [0.15, 0.2) is 6.20 Å². The average molecular weight is 382 g/mol. The zero-order valence-corrected chi connectivity index (χ0v) is 15.7. The van der Waals surface area contributed by atoms with E-state index in [0.29, 0.717) is 36.6 Å². The maximum atomic E-state index is 13.6. The predicted molar refractivity (Wildman–Crippen MR) is 96.0 cm³/mol. The van der Waals surface area contributed by atoms with Crippen LogP contribution in [-0.2, 0) is 9.53 Å². The van der Waals surface area contributed by atoms with Crippen LogP contribution in [0.5, 0.6) is 5.88 Å². The minimum Gasteiger partial charge on any atom is -0.479 e. The monoisotopic (exact) mass is 382 g/mol. The number of carbonyl (C=O) groups is 1. The minimum atomic E-state index is -0.569. The molecule has 1 amide bonds. The number of rotatable bonds is 6. The van der Waals surface area contributed by atoms with E-state index in [4.69, 9.17) is 9.47 Å². The summed E-state index contributed by atoms with van der Waals surface area (Å²) < 4.78 is 24.9. The molecule has 3 aliphatic rings. The molecule has 4 rings (SSSR count). The first-order valence-corrected chi connectivity index (χ1v) is 10.2. The van der Waals surface area contributed by atoms with E-state index < -0.39 is 5.82 Å². The molecular weight excluding hydrogens is 359 g/mol. The zero-order valence-electron chi connectivity index (χ0n) is 14.9. The van der Waals surface area contributed by atoms with Gasteiger partial charge in [-0.15, -0.1) is 0 Å². The number of methoxy groups -OCH3 is 1. The molecule has 7 nitrogen and oxygen atoms in total. The summed E-state index contributed by atoms with van der Waals surface area (Å²) in [4.78, 5) is 22.2. The van der Waals surface area contributed by atoms with Gasteiger partial charge in [-0.2, -0.15) is 21.1 Å². The number of ether oxygens (including phenoxy) is 2. The van der Waals surface area contributed by atoms with Gasteiger partial charge in [0.15, 0.2) is 0 Å². The molecule has 1 spiro atoms. The first-order chi connectivity index (χ1) is 12.6.